The third-order valence-electron chi connectivity index (χ3n) is 3.67. The monoisotopic (exact) mass is 358 g/mol. The molecule has 0 saturated carbocycles. The fourth-order valence-corrected chi connectivity index (χ4v) is 2.58. The average molecular weight is 359 g/mol. The van der Waals surface area contributed by atoms with Gasteiger partial charge in [0.2, 0.25) is 5.95 Å². The number of amides is 1. The van der Waals surface area contributed by atoms with E-state index in [9.17, 15) is 4.79 Å². The maximum Gasteiger partial charge on any atom is 0.284 e. The van der Waals surface area contributed by atoms with Gasteiger partial charge in [-0.15, -0.1) is 0 Å². The molecule has 0 spiro atoms. The summed E-state index contributed by atoms with van der Waals surface area (Å²) in [5.74, 6) is -0.216. The van der Waals surface area contributed by atoms with Crippen LogP contribution in [0.15, 0.2) is 42.5 Å². The number of nitrogens with one attached hydrogen (secondary N) is 1. The minimum Gasteiger partial charge on any atom is -0.390 e. The highest BCUT2D eigenvalue weighted by atomic mass is 35.5. The molecule has 0 aliphatic rings. The molecule has 0 saturated heterocycles. The van der Waals surface area contributed by atoms with Gasteiger partial charge < -0.3 is 21.9 Å². The summed E-state index contributed by atoms with van der Waals surface area (Å²) in [5, 5.41) is 13.1. The van der Waals surface area contributed by atoms with Crippen molar-refractivity contribution in [3.05, 3.63) is 47.5 Å². The number of hydrogen-bond donors (Lipinski definition) is 4. The van der Waals surface area contributed by atoms with Crippen molar-refractivity contribution in [1.29, 1.82) is 0 Å². The second-order valence-corrected chi connectivity index (χ2v) is 5.98. The van der Waals surface area contributed by atoms with E-state index in [4.69, 9.17) is 22.4 Å². The standard InChI is InChI=1S/C17H16ClN5O2/c18-10-4-5-14-12(7-10)15(23-17(20)22-14)9-2-1-3-11(6-9)21-16(25)13(19)8-24/h1-7,13,24H,8,19H2,(H,21,25)(H2,20,22,23)/p+1. The lowest BCUT2D eigenvalue weighted by Crippen LogP contribution is -2.68. The van der Waals surface area contributed by atoms with Crippen molar-refractivity contribution >= 4 is 40.0 Å². The maximum atomic E-state index is 11.9. The predicted molar refractivity (Wildman–Crippen MR) is 96.8 cm³/mol. The van der Waals surface area contributed by atoms with Crippen molar-refractivity contribution in [1.82, 2.24) is 9.97 Å². The third-order valence-corrected chi connectivity index (χ3v) is 3.90. The number of nitrogens with two attached hydrogens (primary N) is 1. The van der Waals surface area contributed by atoms with E-state index < -0.39 is 6.04 Å². The fourth-order valence-electron chi connectivity index (χ4n) is 2.41. The molecule has 8 heteroatoms. The van der Waals surface area contributed by atoms with E-state index in [-0.39, 0.29) is 18.5 Å². The van der Waals surface area contributed by atoms with Crippen molar-refractivity contribution in [2.24, 2.45) is 0 Å². The summed E-state index contributed by atoms with van der Waals surface area (Å²) in [6.07, 6.45) is 0. The molecule has 2 aromatic carbocycles. The number of aliphatic hydroxyl groups excluding tert-OH is 1. The van der Waals surface area contributed by atoms with Crippen LogP contribution >= 0.6 is 11.6 Å². The van der Waals surface area contributed by atoms with Crippen LogP contribution in [-0.2, 0) is 4.79 Å². The third kappa shape index (κ3) is 3.69. The number of quaternary nitrogens is 1. The number of halogens is 1. The second kappa shape index (κ2) is 7.02. The Morgan fingerprint density at radius 2 is 2.08 bits per heavy atom. The summed E-state index contributed by atoms with van der Waals surface area (Å²) >= 11 is 6.09. The Kier molecular flexibility index (Phi) is 4.80. The first-order chi connectivity index (χ1) is 12.0. The summed E-state index contributed by atoms with van der Waals surface area (Å²) in [6.45, 7) is -0.322. The molecule has 1 heterocycles. The number of nitrogens with zero attached hydrogens (tertiary/aromatic N) is 2. The van der Waals surface area contributed by atoms with E-state index in [1.807, 2.05) is 6.07 Å². The van der Waals surface area contributed by atoms with Gasteiger partial charge in [-0.25, -0.2) is 9.97 Å². The maximum absolute atomic E-state index is 11.9. The summed E-state index contributed by atoms with van der Waals surface area (Å²) < 4.78 is 0. The molecule has 1 amide bonds. The molecule has 1 unspecified atom stereocenters. The zero-order chi connectivity index (χ0) is 18.0. The first-order valence-electron chi connectivity index (χ1n) is 7.56. The quantitative estimate of drug-likeness (QED) is 0.554. The van der Waals surface area contributed by atoms with Crippen LogP contribution in [0.3, 0.4) is 0 Å². The topological polar surface area (TPSA) is 129 Å². The largest absolute Gasteiger partial charge is 0.390 e. The summed E-state index contributed by atoms with van der Waals surface area (Å²) in [4.78, 5) is 20.4. The Hall–Kier alpha value is -2.74. The molecule has 1 aromatic heterocycles. The van der Waals surface area contributed by atoms with Crippen molar-refractivity contribution in [2.75, 3.05) is 17.7 Å². The molecule has 0 radical (unpaired) electrons. The summed E-state index contributed by atoms with van der Waals surface area (Å²) in [5.41, 5.74) is 12.0. The van der Waals surface area contributed by atoms with Crippen molar-refractivity contribution in [2.45, 2.75) is 6.04 Å². The van der Waals surface area contributed by atoms with Crippen LogP contribution in [0.1, 0.15) is 0 Å². The number of fused-ring (bicyclic) bond motifs is 1. The van der Waals surface area contributed by atoms with Crippen molar-refractivity contribution in [3.63, 3.8) is 0 Å². The summed E-state index contributed by atoms with van der Waals surface area (Å²) in [7, 11) is 0. The van der Waals surface area contributed by atoms with Crippen molar-refractivity contribution in [3.8, 4) is 11.3 Å². The Balaban J connectivity index is 2.05. The molecular weight excluding hydrogens is 342 g/mol. The molecule has 0 aliphatic heterocycles. The van der Waals surface area contributed by atoms with Gasteiger partial charge in [0.05, 0.1) is 11.2 Å². The highest BCUT2D eigenvalue weighted by Gasteiger charge is 2.16. The van der Waals surface area contributed by atoms with Gasteiger partial charge in [0.1, 0.15) is 6.61 Å². The molecule has 3 rings (SSSR count). The van der Waals surface area contributed by atoms with Crippen molar-refractivity contribution < 1.29 is 15.6 Å². The van der Waals surface area contributed by atoms with Crippen LogP contribution in [-0.4, -0.2) is 33.6 Å². The molecule has 0 fully saturated rings. The Morgan fingerprint density at radius 1 is 1.28 bits per heavy atom. The van der Waals surface area contributed by atoms with E-state index >= 15 is 0 Å². The lowest BCUT2D eigenvalue weighted by Gasteiger charge is -2.11. The zero-order valence-electron chi connectivity index (χ0n) is 13.2. The molecule has 128 valence electrons. The van der Waals surface area contributed by atoms with Crippen LogP contribution in [0.25, 0.3) is 22.2 Å². The van der Waals surface area contributed by atoms with Crippen LogP contribution in [0.4, 0.5) is 11.6 Å². The SMILES string of the molecule is Nc1nc(-c2cccc(NC(=O)C([NH3+])CO)c2)c2cc(Cl)ccc2n1. The number of anilines is 2. The van der Waals surface area contributed by atoms with Gasteiger partial charge in [0, 0.05) is 21.7 Å². The van der Waals surface area contributed by atoms with Crippen LogP contribution in [0.2, 0.25) is 5.02 Å². The molecule has 0 aliphatic carbocycles. The van der Waals surface area contributed by atoms with E-state index in [1.54, 1.807) is 36.4 Å². The van der Waals surface area contributed by atoms with Gasteiger partial charge in [-0.3, -0.25) is 4.79 Å². The second-order valence-electron chi connectivity index (χ2n) is 5.54. The molecule has 1 atom stereocenters. The fraction of sp³-hybridized carbons (Fsp3) is 0.118. The first-order valence-corrected chi connectivity index (χ1v) is 7.93. The van der Waals surface area contributed by atoms with Crippen LogP contribution in [0.5, 0.6) is 0 Å². The number of benzene rings is 2. The minimum atomic E-state index is -0.738. The van der Waals surface area contributed by atoms with Gasteiger partial charge in [0.15, 0.2) is 6.04 Å². The van der Waals surface area contributed by atoms with Gasteiger partial charge in [-0.2, -0.15) is 0 Å². The number of aliphatic hydroxyl groups is 1. The first kappa shape index (κ1) is 17.1. The predicted octanol–water partition coefficient (Wildman–Crippen LogP) is 1.07. The number of aromatic nitrogens is 2. The zero-order valence-corrected chi connectivity index (χ0v) is 14.0. The van der Waals surface area contributed by atoms with E-state index in [0.717, 1.165) is 10.9 Å². The number of rotatable bonds is 4. The number of carbonyl (C=O) groups excluding carboxylic acids is 1. The molecule has 3 aromatic rings. The lowest BCUT2D eigenvalue weighted by atomic mass is 10.1. The van der Waals surface area contributed by atoms with E-state index in [0.29, 0.717) is 21.9 Å². The number of hydrogen-bond acceptors (Lipinski definition) is 5. The average Bonchev–Trinajstić information content (AvgIpc) is 2.60. The molecule has 7 N–H and O–H groups in total. The highest BCUT2D eigenvalue weighted by molar-refractivity contribution is 6.31. The smallest absolute Gasteiger partial charge is 0.284 e. The van der Waals surface area contributed by atoms with Gasteiger partial charge >= 0.3 is 0 Å². The van der Waals surface area contributed by atoms with E-state index in [2.05, 4.69) is 21.0 Å². The number of nitrogen functional groups attached to an aromatic ring is 1. The van der Waals surface area contributed by atoms with Gasteiger partial charge in [-0.1, -0.05) is 23.7 Å². The molecular formula is C17H17ClN5O2+. The van der Waals surface area contributed by atoms with Crippen LogP contribution in [0, 0.1) is 0 Å². The lowest BCUT2D eigenvalue weighted by molar-refractivity contribution is -0.407. The minimum absolute atomic E-state index is 0.150. The molecule has 0 bridgehead atoms. The van der Waals surface area contributed by atoms with Gasteiger partial charge in [0.25, 0.3) is 5.91 Å². The van der Waals surface area contributed by atoms with E-state index in [1.165, 1.54) is 0 Å². The Morgan fingerprint density at radius 3 is 2.84 bits per heavy atom. The van der Waals surface area contributed by atoms with Crippen LogP contribution < -0.4 is 16.8 Å². The summed E-state index contributed by atoms with van der Waals surface area (Å²) in [6, 6.07) is 11.7. The Labute approximate surface area is 148 Å². The number of carbonyl (C=O) groups is 1. The van der Waals surface area contributed by atoms with Gasteiger partial charge in [-0.05, 0) is 30.3 Å². The highest BCUT2D eigenvalue weighted by Crippen LogP contribution is 2.30. The molecule has 25 heavy (non-hydrogen) atoms. The normalized spacial score (nSPS) is 12.1. The molecule has 7 nitrogen and oxygen atoms in total. The Bertz CT molecular complexity index is 947.